The number of H-pyrrole nitrogens is 1. The molecule has 0 aliphatic heterocycles. The molecule has 0 spiro atoms. The maximum Gasteiger partial charge on any atom is 0.303 e. The Balaban J connectivity index is 1.33. The number of carbonyl (C=O) groups is 1. The van der Waals surface area contributed by atoms with Gasteiger partial charge in [0, 0.05) is 12.7 Å². The average molecular weight is 507 g/mol. The van der Waals surface area contributed by atoms with Gasteiger partial charge in [-0.25, -0.2) is 17.8 Å². The number of nitrogens with zero attached hydrogens (tertiary/aromatic N) is 1. The number of halogens is 1. The molecule has 0 unspecified atom stereocenters. The van der Waals surface area contributed by atoms with Gasteiger partial charge in [0.15, 0.2) is 9.84 Å². The summed E-state index contributed by atoms with van der Waals surface area (Å²) < 4.78 is 38.8. The van der Waals surface area contributed by atoms with E-state index < -0.39 is 21.6 Å². The third-order valence-electron chi connectivity index (χ3n) is 7.13. The Morgan fingerprint density at radius 2 is 1.69 bits per heavy atom. The lowest BCUT2D eigenvalue weighted by Crippen LogP contribution is -2.16. The summed E-state index contributed by atoms with van der Waals surface area (Å²) >= 11 is 0. The van der Waals surface area contributed by atoms with Gasteiger partial charge in [0.1, 0.15) is 11.6 Å². The Bertz CT molecular complexity index is 1540. The zero-order valence-electron chi connectivity index (χ0n) is 19.9. The van der Waals surface area contributed by atoms with Crippen LogP contribution in [-0.4, -0.2) is 35.7 Å². The Kier molecular flexibility index (Phi) is 6.38. The molecule has 1 aliphatic carbocycles. The number of aromatic amines is 1. The highest BCUT2D eigenvalue weighted by atomic mass is 32.2. The van der Waals surface area contributed by atoms with Crippen molar-refractivity contribution in [1.82, 2.24) is 9.97 Å². The van der Waals surface area contributed by atoms with Crippen LogP contribution in [0.3, 0.4) is 0 Å². The molecule has 4 aromatic rings. The van der Waals surface area contributed by atoms with Crippen molar-refractivity contribution >= 4 is 26.8 Å². The molecule has 186 valence electrons. The Morgan fingerprint density at radius 1 is 1.00 bits per heavy atom. The summed E-state index contributed by atoms with van der Waals surface area (Å²) in [4.78, 5) is 18.6. The molecule has 0 bridgehead atoms. The van der Waals surface area contributed by atoms with Crippen LogP contribution >= 0.6 is 0 Å². The van der Waals surface area contributed by atoms with Gasteiger partial charge in [-0.3, -0.25) is 4.79 Å². The van der Waals surface area contributed by atoms with E-state index in [0.717, 1.165) is 43.1 Å². The fraction of sp³-hybridized carbons (Fsp3) is 0.286. The fourth-order valence-electron chi connectivity index (χ4n) is 5.13. The van der Waals surface area contributed by atoms with Gasteiger partial charge < -0.3 is 10.1 Å². The van der Waals surface area contributed by atoms with E-state index in [4.69, 9.17) is 5.11 Å². The molecule has 3 aromatic carbocycles. The number of nitrogens with one attached hydrogen (secondary N) is 1. The van der Waals surface area contributed by atoms with Gasteiger partial charge in [0.25, 0.3) is 0 Å². The molecule has 1 fully saturated rings. The van der Waals surface area contributed by atoms with Crippen LogP contribution in [0.25, 0.3) is 33.5 Å². The van der Waals surface area contributed by atoms with Crippen molar-refractivity contribution in [3.05, 3.63) is 72.0 Å². The summed E-state index contributed by atoms with van der Waals surface area (Å²) in [7, 11) is -3.36. The molecule has 0 radical (unpaired) electrons. The highest BCUT2D eigenvalue weighted by molar-refractivity contribution is 7.90. The normalized spacial score (nSPS) is 18.4. The van der Waals surface area contributed by atoms with Crippen molar-refractivity contribution in [1.29, 1.82) is 0 Å². The SMILES string of the molecule is CS(=O)(=O)c1ccc2[nH]c(-c3ccc(-c4ccc(C5CCC(CC(=O)O)CC5)cc4)cc3F)nc2c1. The molecule has 2 N–H and O–H groups in total. The smallest absolute Gasteiger partial charge is 0.303 e. The van der Waals surface area contributed by atoms with Crippen molar-refractivity contribution in [3.63, 3.8) is 0 Å². The van der Waals surface area contributed by atoms with E-state index >= 15 is 4.39 Å². The van der Waals surface area contributed by atoms with Crippen LogP contribution in [0.2, 0.25) is 0 Å². The number of aromatic nitrogens is 2. The van der Waals surface area contributed by atoms with Gasteiger partial charge in [0.2, 0.25) is 0 Å². The van der Waals surface area contributed by atoms with Crippen LogP contribution in [0.4, 0.5) is 4.39 Å². The molecule has 8 heteroatoms. The van der Waals surface area contributed by atoms with Crippen LogP contribution in [0.5, 0.6) is 0 Å². The first kappa shape index (κ1) is 24.2. The van der Waals surface area contributed by atoms with Crippen LogP contribution < -0.4 is 0 Å². The summed E-state index contributed by atoms with van der Waals surface area (Å²) in [5, 5.41) is 9.01. The van der Waals surface area contributed by atoms with Crippen LogP contribution in [0.1, 0.15) is 43.6 Å². The molecular formula is C28H27FN2O4S. The third-order valence-corrected chi connectivity index (χ3v) is 8.24. The van der Waals surface area contributed by atoms with Gasteiger partial charge in [-0.05, 0) is 84.5 Å². The zero-order chi connectivity index (χ0) is 25.4. The van der Waals surface area contributed by atoms with Gasteiger partial charge in [-0.15, -0.1) is 0 Å². The number of aliphatic carboxylic acids is 1. The number of carboxylic acids is 1. The highest BCUT2D eigenvalue weighted by Crippen LogP contribution is 2.38. The summed E-state index contributed by atoms with van der Waals surface area (Å²) in [6, 6.07) is 17.8. The summed E-state index contributed by atoms with van der Waals surface area (Å²) in [6.45, 7) is 0. The minimum atomic E-state index is -3.36. The monoisotopic (exact) mass is 506 g/mol. The van der Waals surface area contributed by atoms with E-state index in [1.54, 1.807) is 12.1 Å². The third kappa shape index (κ3) is 5.04. The second-order valence-electron chi connectivity index (χ2n) is 9.67. The standard InChI is InChI=1S/C28H27FN2O4S/c1-36(34,35)22-11-13-25-26(16-22)31-28(30-25)23-12-10-21(15-24(23)29)20-8-6-19(7-9-20)18-4-2-17(3-5-18)14-27(32)33/h6-13,15-18H,2-5,14H2,1H3,(H,30,31)(H,32,33). The fourth-order valence-corrected chi connectivity index (χ4v) is 5.77. The van der Waals surface area contributed by atoms with E-state index in [0.29, 0.717) is 28.3 Å². The number of fused-ring (bicyclic) bond motifs is 1. The second-order valence-corrected chi connectivity index (χ2v) is 11.7. The molecule has 0 atom stereocenters. The first-order valence-electron chi connectivity index (χ1n) is 12.0. The van der Waals surface area contributed by atoms with Gasteiger partial charge in [-0.2, -0.15) is 0 Å². The summed E-state index contributed by atoms with van der Waals surface area (Å²) in [5.41, 5.74) is 4.30. The van der Waals surface area contributed by atoms with Crippen molar-refractivity contribution in [2.75, 3.05) is 6.26 Å². The van der Waals surface area contributed by atoms with E-state index in [2.05, 4.69) is 22.1 Å². The Morgan fingerprint density at radius 3 is 2.33 bits per heavy atom. The lowest BCUT2D eigenvalue weighted by atomic mass is 9.77. The van der Waals surface area contributed by atoms with E-state index in [1.165, 1.54) is 23.8 Å². The number of hydrogen-bond donors (Lipinski definition) is 2. The van der Waals surface area contributed by atoms with Crippen LogP contribution in [-0.2, 0) is 14.6 Å². The van der Waals surface area contributed by atoms with E-state index in [-0.39, 0.29) is 17.2 Å². The molecule has 1 heterocycles. The second kappa shape index (κ2) is 9.50. The summed E-state index contributed by atoms with van der Waals surface area (Å²) in [6.07, 6.45) is 5.24. The zero-order valence-corrected chi connectivity index (χ0v) is 20.7. The molecule has 36 heavy (non-hydrogen) atoms. The number of imidazole rings is 1. The quantitative estimate of drug-likeness (QED) is 0.325. The summed E-state index contributed by atoms with van der Waals surface area (Å²) in [5.74, 6) is -0.0979. The van der Waals surface area contributed by atoms with Crippen molar-refractivity contribution in [2.24, 2.45) is 5.92 Å². The number of rotatable bonds is 6. The van der Waals surface area contributed by atoms with E-state index in [9.17, 15) is 13.2 Å². The Hall–Kier alpha value is -3.52. The van der Waals surface area contributed by atoms with Gasteiger partial charge in [-0.1, -0.05) is 30.3 Å². The van der Waals surface area contributed by atoms with Crippen LogP contribution in [0, 0.1) is 11.7 Å². The van der Waals surface area contributed by atoms with Gasteiger partial charge >= 0.3 is 5.97 Å². The van der Waals surface area contributed by atoms with Crippen molar-refractivity contribution < 1.29 is 22.7 Å². The molecule has 5 rings (SSSR count). The Labute approximate surface area is 209 Å². The molecule has 1 aromatic heterocycles. The molecule has 6 nitrogen and oxygen atoms in total. The molecule has 1 aliphatic rings. The molecule has 1 saturated carbocycles. The predicted molar refractivity (Wildman–Crippen MR) is 137 cm³/mol. The lowest BCUT2D eigenvalue weighted by Gasteiger charge is -2.28. The molecule has 0 amide bonds. The van der Waals surface area contributed by atoms with E-state index in [1.807, 2.05) is 18.2 Å². The van der Waals surface area contributed by atoms with Crippen molar-refractivity contribution in [2.45, 2.75) is 42.9 Å². The maximum absolute atomic E-state index is 15.1. The minimum absolute atomic E-state index is 0.167. The average Bonchev–Trinajstić information content (AvgIpc) is 3.27. The first-order valence-corrected chi connectivity index (χ1v) is 13.9. The maximum atomic E-state index is 15.1. The lowest BCUT2D eigenvalue weighted by molar-refractivity contribution is -0.138. The number of carboxylic acid groups (broad SMARTS) is 1. The predicted octanol–water partition coefficient (Wildman–Crippen LogP) is 6.19. The number of sulfone groups is 1. The highest BCUT2D eigenvalue weighted by Gasteiger charge is 2.24. The molecule has 0 saturated heterocycles. The minimum Gasteiger partial charge on any atom is -0.481 e. The largest absolute Gasteiger partial charge is 0.481 e. The van der Waals surface area contributed by atoms with Crippen LogP contribution in [0.15, 0.2) is 65.6 Å². The number of hydrogen-bond acceptors (Lipinski definition) is 4. The topological polar surface area (TPSA) is 100 Å². The van der Waals surface area contributed by atoms with Crippen molar-refractivity contribution in [3.8, 4) is 22.5 Å². The number of benzene rings is 3. The first-order chi connectivity index (χ1) is 17.2. The van der Waals surface area contributed by atoms with Gasteiger partial charge in [0.05, 0.1) is 21.5 Å². The molecular weight excluding hydrogens is 479 g/mol.